The molecule has 4 nitrogen and oxygen atoms in total. The molecule has 0 aliphatic heterocycles. The molecule has 132 valence electrons. The number of carbonyl (C=O) groups is 2. The van der Waals surface area contributed by atoms with Gasteiger partial charge in [0.05, 0.1) is 5.41 Å². The maximum absolute atomic E-state index is 11.8. The summed E-state index contributed by atoms with van der Waals surface area (Å²) in [5.41, 5.74) is 1.14. The summed E-state index contributed by atoms with van der Waals surface area (Å²) in [5.74, 6) is -0.559. The first-order valence-corrected chi connectivity index (χ1v) is 8.54. The molecule has 0 aliphatic rings. The zero-order chi connectivity index (χ0) is 18.1. The van der Waals surface area contributed by atoms with E-state index in [9.17, 15) is 9.59 Å². The predicted molar refractivity (Wildman–Crippen MR) is 96.2 cm³/mol. The first kappa shape index (κ1) is 18.7. The first-order chi connectivity index (χ1) is 12.1. The number of hydrogen-bond acceptors (Lipinski definition) is 4. The molecule has 0 spiro atoms. The SMILES string of the molecule is CCC(=O)OCC(COC(=O)CC)(c1ccccc1)c1ccccc1. The maximum atomic E-state index is 11.8. The Kier molecular flexibility index (Phi) is 6.75. The molecule has 0 saturated heterocycles. The lowest BCUT2D eigenvalue weighted by molar-refractivity contribution is -0.148. The van der Waals surface area contributed by atoms with Crippen molar-refractivity contribution in [1.29, 1.82) is 0 Å². The molecule has 4 heteroatoms. The predicted octanol–water partition coefficient (Wildman–Crippen LogP) is 3.88. The van der Waals surface area contributed by atoms with Crippen molar-refractivity contribution in [3.63, 3.8) is 0 Å². The highest BCUT2D eigenvalue weighted by atomic mass is 16.5. The van der Waals surface area contributed by atoms with Crippen LogP contribution in [0, 0.1) is 0 Å². The molecule has 0 bridgehead atoms. The van der Waals surface area contributed by atoms with Crippen LogP contribution in [0.15, 0.2) is 60.7 Å². The fourth-order valence-electron chi connectivity index (χ4n) is 2.67. The Bertz CT molecular complexity index is 618. The average Bonchev–Trinajstić information content (AvgIpc) is 2.69. The van der Waals surface area contributed by atoms with E-state index in [0.717, 1.165) is 11.1 Å². The minimum Gasteiger partial charge on any atom is -0.464 e. The summed E-state index contributed by atoms with van der Waals surface area (Å²) in [5, 5.41) is 0. The van der Waals surface area contributed by atoms with Gasteiger partial charge in [-0.2, -0.15) is 0 Å². The van der Waals surface area contributed by atoms with Crippen molar-refractivity contribution in [2.75, 3.05) is 13.2 Å². The molecule has 0 saturated carbocycles. The van der Waals surface area contributed by atoms with Crippen LogP contribution in [-0.2, 0) is 24.5 Å². The van der Waals surface area contributed by atoms with Gasteiger partial charge in [-0.05, 0) is 11.1 Å². The summed E-state index contributed by atoms with van der Waals surface area (Å²) >= 11 is 0. The Labute approximate surface area is 148 Å². The van der Waals surface area contributed by atoms with Crippen LogP contribution in [-0.4, -0.2) is 25.2 Å². The van der Waals surface area contributed by atoms with Crippen LogP contribution >= 0.6 is 0 Å². The lowest BCUT2D eigenvalue weighted by Crippen LogP contribution is -2.40. The quantitative estimate of drug-likeness (QED) is 0.684. The van der Waals surface area contributed by atoms with Crippen LogP contribution in [0.4, 0.5) is 0 Å². The van der Waals surface area contributed by atoms with Crippen LogP contribution in [0.25, 0.3) is 0 Å². The van der Waals surface area contributed by atoms with Crippen molar-refractivity contribution in [2.24, 2.45) is 0 Å². The second-order valence-corrected chi connectivity index (χ2v) is 5.84. The van der Waals surface area contributed by atoms with Gasteiger partial charge in [-0.3, -0.25) is 9.59 Å². The zero-order valence-corrected chi connectivity index (χ0v) is 14.7. The van der Waals surface area contributed by atoms with E-state index in [1.807, 2.05) is 60.7 Å². The molecule has 0 aliphatic carbocycles. The van der Waals surface area contributed by atoms with Crippen LogP contribution in [0.3, 0.4) is 0 Å². The van der Waals surface area contributed by atoms with Gasteiger partial charge in [0.1, 0.15) is 13.2 Å². The van der Waals surface area contributed by atoms with Gasteiger partial charge in [0, 0.05) is 12.8 Å². The summed E-state index contributed by atoms with van der Waals surface area (Å²) < 4.78 is 11.0. The molecule has 0 radical (unpaired) electrons. The van der Waals surface area contributed by atoms with Crippen molar-refractivity contribution >= 4 is 11.9 Å². The molecule has 25 heavy (non-hydrogen) atoms. The molecule has 0 amide bonds. The molecule has 0 N–H and O–H groups in total. The summed E-state index contributed by atoms with van der Waals surface area (Å²) in [6.45, 7) is 3.74. The minimum absolute atomic E-state index is 0.116. The molecule has 2 aromatic rings. The molecule has 2 rings (SSSR count). The third kappa shape index (κ3) is 4.69. The lowest BCUT2D eigenvalue weighted by atomic mass is 9.75. The molecule has 0 fully saturated rings. The monoisotopic (exact) mass is 340 g/mol. The van der Waals surface area contributed by atoms with Crippen LogP contribution in [0.5, 0.6) is 0 Å². The Hall–Kier alpha value is -2.62. The van der Waals surface area contributed by atoms with Crippen molar-refractivity contribution in [3.05, 3.63) is 71.8 Å². The number of rotatable bonds is 8. The zero-order valence-electron chi connectivity index (χ0n) is 14.7. The second kappa shape index (κ2) is 9.02. The Morgan fingerprint density at radius 3 is 1.40 bits per heavy atom. The van der Waals surface area contributed by atoms with E-state index < -0.39 is 5.41 Å². The Balaban J connectivity index is 2.47. The van der Waals surface area contributed by atoms with Crippen molar-refractivity contribution < 1.29 is 19.1 Å². The van der Waals surface area contributed by atoms with E-state index in [4.69, 9.17) is 9.47 Å². The van der Waals surface area contributed by atoms with E-state index in [1.54, 1.807) is 13.8 Å². The van der Waals surface area contributed by atoms with Gasteiger partial charge >= 0.3 is 11.9 Å². The van der Waals surface area contributed by atoms with Gasteiger partial charge < -0.3 is 9.47 Å². The molecule has 0 heterocycles. The molecular weight excluding hydrogens is 316 g/mol. The van der Waals surface area contributed by atoms with Crippen LogP contribution in [0.1, 0.15) is 37.8 Å². The van der Waals surface area contributed by atoms with Gasteiger partial charge in [0.2, 0.25) is 0 Å². The Morgan fingerprint density at radius 1 is 0.720 bits per heavy atom. The molecule has 0 atom stereocenters. The third-order valence-corrected chi connectivity index (χ3v) is 4.19. The largest absolute Gasteiger partial charge is 0.464 e. The molecule has 0 unspecified atom stereocenters. The van der Waals surface area contributed by atoms with E-state index in [0.29, 0.717) is 12.8 Å². The van der Waals surface area contributed by atoms with Crippen LogP contribution < -0.4 is 0 Å². The Morgan fingerprint density at radius 2 is 1.08 bits per heavy atom. The minimum atomic E-state index is -0.738. The second-order valence-electron chi connectivity index (χ2n) is 5.84. The maximum Gasteiger partial charge on any atom is 0.305 e. The molecule has 2 aromatic carbocycles. The van der Waals surface area contributed by atoms with Crippen LogP contribution in [0.2, 0.25) is 0 Å². The third-order valence-electron chi connectivity index (χ3n) is 4.19. The number of carbonyl (C=O) groups excluding carboxylic acids is 2. The average molecular weight is 340 g/mol. The summed E-state index contributed by atoms with van der Waals surface area (Å²) in [7, 11) is 0. The lowest BCUT2D eigenvalue weighted by Gasteiger charge is -2.34. The van der Waals surface area contributed by atoms with E-state index >= 15 is 0 Å². The van der Waals surface area contributed by atoms with Crippen molar-refractivity contribution in [3.8, 4) is 0 Å². The van der Waals surface area contributed by atoms with Gasteiger partial charge in [-0.25, -0.2) is 0 Å². The van der Waals surface area contributed by atoms with E-state index in [2.05, 4.69) is 0 Å². The normalized spacial score (nSPS) is 11.0. The fraction of sp³-hybridized carbons (Fsp3) is 0.333. The van der Waals surface area contributed by atoms with Gasteiger partial charge in [-0.15, -0.1) is 0 Å². The van der Waals surface area contributed by atoms with Gasteiger partial charge in [-0.1, -0.05) is 74.5 Å². The first-order valence-electron chi connectivity index (χ1n) is 8.54. The highest BCUT2D eigenvalue weighted by molar-refractivity contribution is 5.70. The topological polar surface area (TPSA) is 52.6 Å². The standard InChI is InChI=1S/C21H24O4/c1-3-19(22)24-15-21(16-25-20(23)4-2,17-11-7-5-8-12-17)18-13-9-6-10-14-18/h5-14H,3-4,15-16H2,1-2H3. The number of hydrogen-bond donors (Lipinski definition) is 0. The van der Waals surface area contributed by atoms with Gasteiger partial charge in [0.25, 0.3) is 0 Å². The van der Waals surface area contributed by atoms with Crippen molar-refractivity contribution in [2.45, 2.75) is 32.1 Å². The smallest absolute Gasteiger partial charge is 0.305 e. The van der Waals surface area contributed by atoms with Crippen molar-refractivity contribution in [1.82, 2.24) is 0 Å². The van der Waals surface area contributed by atoms with E-state index in [1.165, 1.54) is 0 Å². The highest BCUT2D eigenvalue weighted by Gasteiger charge is 2.37. The molecule has 0 aromatic heterocycles. The molecular formula is C21H24O4. The number of benzene rings is 2. The summed E-state index contributed by atoms with van der Waals surface area (Å²) in [4.78, 5) is 23.6. The number of ether oxygens (including phenoxy) is 2. The highest BCUT2D eigenvalue weighted by Crippen LogP contribution is 2.33. The van der Waals surface area contributed by atoms with Gasteiger partial charge in [0.15, 0.2) is 0 Å². The van der Waals surface area contributed by atoms with E-state index in [-0.39, 0.29) is 25.2 Å². The number of esters is 2. The fourth-order valence-corrected chi connectivity index (χ4v) is 2.67. The summed E-state index contributed by atoms with van der Waals surface area (Å²) in [6.07, 6.45) is 0.600. The summed E-state index contributed by atoms with van der Waals surface area (Å²) in [6, 6.07) is 19.4.